The second-order valence-corrected chi connectivity index (χ2v) is 4.68. The highest BCUT2D eigenvalue weighted by molar-refractivity contribution is 5.19. The average Bonchev–Trinajstić information content (AvgIpc) is 2.94. The molecule has 0 spiro atoms. The molecule has 5 heteroatoms. The van der Waals surface area contributed by atoms with Crippen LogP contribution in [0.25, 0.3) is 0 Å². The van der Waals surface area contributed by atoms with E-state index in [9.17, 15) is 0 Å². The second kappa shape index (κ2) is 4.82. The summed E-state index contributed by atoms with van der Waals surface area (Å²) in [5.41, 5.74) is 0. The van der Waals surface area contributed by atoms with Crippen LogP contribution in [-0.2, 0) is 0 Å². The van der Waals surface area contributed by atoms with Crippen molar-refractivity contribution in [2.45, 2.75) is 45.2 Å². The standard InChI is InChI=1S/C11H20N4O/c1-7(6-9-4-5-9)13-11-15-14-10(16-11)8(2)12-3/h7-9,12H,4-6H2,1-3H3,(H,13,15). The van der Waals surface area contributed by atoms with Crippen LogP contribution >= 0.6 is 0 Å². The summed E-state index contributed by atoms with van der Waals surface area (Å²) in [5, 5.41) is 14.3. The molecule has 2 rings (SSSR count). The molecule has 1 aliphatic rings. The molecule has 0 amide bonds. The Bertz CT molecular complexity index is 334. The first-order chi connectivity index (χ1) is 7.69. The maximum absolute atomic E-state index is 5.51. The van der Waals surface area contributed by atoms with E-state index in [0.29, 0.717) is 17.9 Å². The van der Waals surface area contributed by atoms with Crippen molar-refractivity contribution in [1.29, 1.82) is 0 Å². The van der Waals surface area contributed by atoms with E-state index in [-0.39, 0.29) is 6.04 Å². The molecule has 2 N–H and O–H groups in total. The van der Waals surface area contributed by atoms with Gasteiger partial charge in [0.15, 0.2) is 0 Å². The van der Waals surface area contributed by atoms with Crippen LogP contribution < -0.4 is 10.6 Å². The SMILES string of the molecule is CNC(C)c1nnc(NC(C)CC2CC2)o1. The topological polar surface area (TPSA) is 63.0 Å². The van der Waals surface area contributed by atoms with Crippen molar-refractivity contribution >= 4 is 6.01 Å². The van der Waals surface area contributed by atoms with Gasteiger partial charge in [0.05, 0.1) is 6.04 Å². The van der Waals surface area contributed by atoms with Gasteiger partial charge < -0.3 is 15.1 Å². The Kier molecular flexibility index (Phi) is 3.43. The van der Waals surface area contributed by atoms with E-state index in [1.165, 1.54) is 19.3 Å². The second-order valence-electron chi connectivity index (χ2n) is 4.68. The molecule has 1 aromatic rings. The van der Waals surface area contributed by atoms with Gasteiger partial charge in [0.25, 0.3) is 0 Å². The molecule has 1 aliphatic carbocycles. The fourth-order valence-corrected chi connectivity index (χ4v) is 1.71. The van der Waals surface area contributed by atoms with Crippen molar-refractivity contribution in [3.63, 3.8) is 0 Å². The molecule has 90 valence electrons. The van der Waals surface area contributed by atoms with Crippen LogP contribution in [0.1, 0.15) is 45.0 Å². The van der Waals surface area contributed by atoms with Gasteiger partial charge in [-0.05, 0) is 33.2 Å². The summed E-state index contributed by atoms with van der Waals surface area (Å²) in [7, 11) is 1.87. The molecule has 0 aliphatic heterocycles. The van der Waals surface area contributed by atoms with Crippen molar-refractivity contribution in [1.82, 2.24) is 15.5 Å². The molecule has 2 unspecified atom stereocenters. The third-order valence-corrected chi connectivity index (χ3v) is 3.00. The fraction of sp³-hybridized carbons (Fsp3) is 0.818. The Morgan fingerprint density at radius 2 is 2.12 bits per heavy atom. The minimum absolute atomic E-state index is 0.0989. The van der Waals surface area contributed by atoms with Gasteiger partial charge in [0.2, 0.25) is 5.89 Å². The number of aromatic nitrogens is 2. The molecule has 1 fully saturated rings. The van der Waals surface area contributed by atoms with Crippen LogP contribution in [0, 0.1) is 5.92 Å². The Labute approximate surface area is 96.0 Å². The van der Waals surface area contributed by atoms with Crippen LogP contribution in [0.15, 0.2) is 4.42 Å². The zero-order chi connectivity index (χ0) is 11.5. The molecular weight excluding hydrogens is 204 g/mol. The molecule has 1 heterocycles. The van der Waals surface area contributed by atoms with Crippen molar-refractivity contribution < 1.29 is 4.42 Å². The van der Waals surface area contributed by atoms with E-state index in [1.807, 2.05) is 14.0 Å². The summed E-state index contributed by atoms with van der Waals surface area (Å²) in [6.07, 6.45) is 3.94. The van der Waals surface area contributed by atoms with Gasteiger partial charge in [-0.1, -0.05) is 17.9 Å². The van der Waals surface area contributed by atoms with E-state index < -0.39 is 0 Å². The lowest BCUT2D eigenvalue weighted by Gasteiger charge is -2.10. The van der Waals surface area contributed by atoms with Gasteiger partial charge in [0, 0.05) is 6.04 Å². The van der Waals surface area contributed by atoms with Crippen LogP contribution in [-0.4, -0.2) is 23.3 Å². The minimum atomic E-state index is 0.0989. The Balaban J connectivity index is 1.85. The predicted octanol–water partition coefficient (Wildman–Crippen LogP) is 1.95. The van der Waals surface area contributed by atoms with Gasteiger partial charge in [0.1, 0.15) is 0 Å². The third kappa shape index (κ3) is 2.95. The maximum atomic E-state index is 5.51. The van der Waals surface area contributed by atoms with E-state index in [4.69, 9.17) is 4.42 Å². The van der Waals surface area contributed by atoms with Crippen LogP contribution in [0.5, 0.6) is 0 Å². The van der Waals surface area contributed by atoms with Gasteiger partial charge in [-0.2, -0.15) is 0 Å². The van der Waals surface area contributed by atoms with Crippen molar-refractivity contribution in [3.05, 3.63) is 5.89 Å². The molecule has 2 atom stereocenters. The van der Waals surface area contributed by atoms with Crippen LogP contribution in [0.3, 0.4) is 0 Å². The Hall–Kier alpha value is -1.10. The quantitative estimate of drug-likeness (QED) is 0.773. The van der Waals surface area contributed by atoms with Crippen molar-refractivity contribution in [3.8, 4) is 0 Å². The number of nitrogens with one attached hydrogen (secondary N) is 2. The van der Waals surface area contributed by atoms with Crippen molar-refractivity contribution in [2.24, 2.45) is 5.92 Å². The highest BCUT2D eigenvalue weighted by Crippen LogP contribution is 2.34. The Morgan fingerprint density at radius 3 is 2.75 bits per heavy atom. The number of hydrogen-bond acceptors (Lipinski definition) is 5. The zero-order valence-electron chi connectivity index (χ0n) is 10.2. The lowest BCUT2D eigenvalue weighted by Crippen LogP contribution is -2.16. The summed E-state index contributed by atoms with van der Waals surface area (Å²) < 4.78 is 5.51. The summed E-state index contributed by atoms with van der Waals surface area (Å²) in [4.78, 5) is 0. The Morgan fingerprint density at radius 1 is 1.38 bits per heavy atom. The number of nitrogens with zero attached hydrogens (tertiary/aromatic N) is 2. The summed E-state index contributed by atoms with van der Waals surface area (Å²) in [5.74, 6) is 1.53. The molecule has 0 radical (unpaired) electrons. The molecular formula is C11H20N4O. The smallest absolute Gasteiger partial charge is 0.315 e. The fourth-order valence-electron chi connectivity index (χ4n) is 1.71. The number of rotatable bonds is 6. The summed E-state index contributed by atoms with van der Waals surface area (Å²) in [6, 6.07) is 1.04. The highest BCUT2D eigenvalue weighted by atomic mass is 16.4. The first kappa shape index (κ1) is 11.4. The first-order valence-corrected chi connectivity index (χ1v) is 5.96. The first-order valence-electron chi connectivity index (χ1n) is 5.96. The van der Waals surface area contributed by atoms with Gasteiger partial charge in [-0.3, -0.25) is 0 Å². The monoisotopic (exact) mass is 224 g/mol. The molecule has 0 aromatic carbocycles. The zero-order valence-corrected chi connectivity index (χ0v) is 10.2. The van der Waals surface area contributed by atoms with E-state index in [2.05, 4.69) is 27.8 Å². The number of anilines is 1. The predicted molar refractivity (Wildman–Crippen MR) is 62.2 cm³/mol. The summed E-state index contributed by atoms with van der Waals surface area (Å²) in [6.45, 7) is 4.15. The summed E-state index contributed by atoms with van der Waals surface area (Å²) >= 11 is 0. The molecule has 0 bridgehead atoms. The molecule has 5 nitrogen and oxygen atoms in total. The highest BCUT2D eigenvalue weighted by Gasteiger charge is 2.24. The number of hydrogen-bond donors (Lipinski definition) is 2. The minimum Gasteiger partial charge on any atom is -0.406 e. The maximum Gasteiger partial charge on any atom is 0.315 e. The van der Waals surface area contributed by atoms with Crippen molar-refractivity contribution in [2.75, 3.05) is 12.4 Å². The lowest BCUT2D eigenvalue weighted by atomic mass is 10.2. The van der Waals surface area contributed by atoms with Gasteiger partial charge in [-0.15, -0.1) is 5.10 Å². The average molecular weight is 224 g/mol. The molecule has 0 saturated heterocycles. The van der Waals surface area contributed by atoms with E-state index >= 15 is 0 Å². The molecule has 1 aromatic heterocycles. The molecule has 1 saturated carbocycles. The normalized spacial score (nSPS) is 19.4. The van der Waals surface area contributed by atoms with Crippen LogP contribution in [0.2, 0.25) is 0 Å². The van der Waals surface area contributed by atoms with Gasteiger partial charge in [-0.25, -0.2) is 0 Å². The van der Waals surface area contributed by atoms with E-state index in [0.717, 1.165) is 5.92 Å². The third-order valence-electron chi connectivity index (χ3n) is 3.00. The van der Waals surface area contributed by atoms with E-state index in [1.54, 1.807) is 0 Å². The lowest BCUT2D eigenvalue weighted by molar-refractivity contribution is 0.437. The largest absolute Gasteiger partial charge is 0.406 e. The molecule has 16 heavy (non-hydrogen) atoms. The van der Waals surface area contributed by atoms with Gasteiger partial charge >= 0.3 is 6.01 Å². The van der Waals surface area contributed by atoms with Crippen LogP contribution in [0.4, 0.5) is 6.01 Å².